The third-order valence-corrected chi connectivity index (χ3v) is 3.98. The summed E-state index contributed by atoms with van der Waals surface area (Å²) in [6.07, 6.45) is 1.75. The van der Waals surface area contributed by atoms with Crippen LogP contribution in [0.2, 0.25) is 0 Å². The smallest absolute Gasteiger partial charge is 0.281 e. The van der Waals surface area contributed by atoms with Gasteiger partial charge in [0.15, 0.2) is 16.6 Å². The summed E-state index contributed by atoms with van der Waals surface area (Å²) in [5.41, 5.74) is 1.97. The molecule has 1 N–H and O–H groups in total. The summed E-state index contributed by atoms with van der Waals surface area (Å²) in [6, 6.07) is 14.8. The van der Waals surface area contributed by atoms with E-state index in [0.29, 0.717) is 28.9 Å². The molecule has 0 atom stereocenters. The number of ether oxygens (including phenoxy) is 2. The van der Waals surface area contributed by atoms with Gasteiger partial charge in [-0.3, -0.25) is 9.69 Å². The van der Waals surface area contributed by atoms with Crippen molar-refractivity contribution in [1.29, 1.82) is 0 Å². The molecule has 5 nitrogen and oxygen atoms in total. The van der Waals surface area contributed by atoms with Crippen molar-refractivity contribution in [3.05, 3.63) is 59.8 Å². The summed E-state index contributed by atoms with van der Waals surface area (Å²) in [5.74, 6) is 1.09. The Balaban J connectivity index is 1.91. The average Bonchev–Trinajstić information content (AvgIpc) is 2.90. The van der Waals surface area contributed by atoms with Crippen molar-refractivity contribution >= 4 is 35.0 Å². The van der Waals surface area contributed by atoms with E-state index in [0.717, 1.165) is 11.3 Å². The van der Waals surface area contributed by atoms with Gasteiger partial charge in [0.1, 0.15) is 5.70 Å². The van der Waals surface area contributed by atoms with Gasteiger partial charge in [-0.2, -0.15) is 0 Å². The van der Waals surface area contributed by atoms with Crippen molar-refractivity contribution in [3.63, 3.8) is 0 Å². The van der Waals surface area contributed by atoms with Crippen LogP contribution in [0.15, 0.2) is 54.2 Å². The van der Waals surface area contributed by atoms with Crippen LogP contribution in [0.3, 0.4) is 0 Å². The molecule has 0 radical (unpaired) electrons. The molecular weight excluding hydrogens is 336 g/mol. The average molecular weight is 354 g/mol. The number of amides is 1. The van der Waals surface area contributed by atoms with E-state index in [4.69, 9.17) is 21.7 Å². The van der Waals surface area contributed by atoms with Gasteiger partial charge in [0.2, 0.25) is 0 Å². The second-order valence-corrected chi connectivity index (χ2v) is 5.69. The Hall–Kier alpha value is -2.86. The number of rotatable bonds is 5. The molecule has 2 aromatic rings. The molecule has 1 aliphatic heterocycles. The largest absolute Gasteiger partial charge is 0.493 e. The SMILES string of the molecule is CCOc1cc(/C=C2/NC(=S)N(c3ccccc3)C2=O)ccc1OC. The van der Waals surface area contributed by atoms with Gasteiger partial charge in [0.05, 0.1) is 19.4 Å². The minimum absolute atomic E-state index is 0.190. The highest BCUT2D eigenvalue weighted by Crippen LogP contribution is 2.29. The molecule has 1 fully saturated rings. The van der Waals surface area contributed by atoms with Crippen molar-refractivity contribution in [2.45, 2.75) is 6.92 Å². The fourth-order valence-corrected chi connectivity index (χ4v) is 2.86. The number of nitrogens with one attached hydrogen (secondary N) is 1. The topological polar surface area (TPSA) is 50.8 Å². The molecule has 0 saturated carbocycles. The molecule has 1 heterocycles. The number of hydrogen-bond donors (Lipinski definition) is 1. The second-order valence-electron chi connectivity index (χ2n) is 5.31. The van der Waals surface area contributed by atoms with Gasteiger partial charge >= 0.3 is 0 Å². The van der Waals surface area contributed by atoms with Crippen molar-refractivity contribution in [2.75, 3.05) is 18.6 Å². The number of benzene rings is 2. The zero-order chi connectivity index (χ0) is 17.8. The maximum absolute atomic E-state index is 12.7. The summed E-state index contributed by atoms with van der Waals surface area (Å²) in [7, 11) is 1.59. The molecule has 128 valence electrons. The van der Waals surface area contributed by atoms with Crippen molar-refractivity contribution in [3.8, 4) is 11.5 Å². The first-order valence-electron chi connectivity index (χ1n) is 7.87. The van der Waals surface area contributed by atoms with Crippen molar-refractivity contribution in [1.82, 2.24) is 5.32 Å². The quantitative estimate of drug-likeness (QED) is 0.659. The zero-order valence-electron chi connectivity index (χ0n) is 14.0. The molecule has 0 bridgehead atoms. The maximum atomic E-state index is 12.7. The van der Waals surface area contributed by atoms with E-state index in [1.54, 1.807) is 13.2 Å². The van der Waals surface area contributed by atoms with Gasteiger partial charge in [0, 0.05) is 0 Å². The summed E-state index contributed by atoms with van der Waals surface area (Å²) in [5, 5.41) is 3.34. The van der Waals surface area contributed by atoms with Gasteiger partial charge < -0.3 is 14.8 Å². The molecule has 0 spiro atoms. The Morgan fingerprint density at radius 2 is 1.92 bits per heavy atom. The first kappa shape index (κ1) is 17.0. The molecule has 0 aliphatic carbocycles. The number of hydrogen-bond acceptors (Lipinski definition) is 4. The number of methoxy groups -OCH3 is 1. The number of nitrogens with zero attached hydrogens (tertiary/aromatic N) is 1. The second kappa shape index (κ2) is 7.36. The summed E-state index contributed by atoms with van der Waals surface area (Å²) in [6.45, 7) is 2.43. The third-order valence-electron chi connectivity index (χ3n) is 3.69. The molecule has 3 rings (SSSR count). The van der Waals surface area contributed by atoms with E-state index < -0.39 is 0 Å². The minimum Gasteiger partial charge on any atom is -0.493 e. The lowest BCUT2D eigenvalue weighted by atomic mass is 10.1. The standard InChI is InChI=1S/C19H18N2O3S/c1-3-24-17-12-13(9-10-16(17)23-2)11-15-18(22)21(19(25)20-15)14-7-5-4-6-8-14/h4-12H,3H2,1-2H3,(H,20,25)/b15-11+. The third kappa shape index (κ3) is 3.49. The number of carbonyl (C=O) groups is 1. The van der Waals surface area contributed by atoms with E-state index in [1.165, 1.54) is 4.90 Å². The Labute approximate surface area is 151 Å². The van der Waals surface area contributed by atoms with E-state index in [1.807, 2.05) is 55.5 Å². The molecule has 6 heteroatoms. The first-order chi connectivity index (χ1) is 12.1. The molecular formula is C19H18N2O3S. The number of carbonyl (C=O) groups excluding carboxylic acids is 1. The minimum atomic E-state index is -0.190. The van der Waals surface area contributed by atoms with Crippen LogP contribution in [-0.2, 0) is 4.79 Å². The lowest BCUT2D eigenvalue weighted by Gasteiger charge is -2.13. The normalized spacial score (nSPS) is 15.4. The van der Waals surface area contributed by atoms with E-state index >= 15 is 0 Å². The fraction of sp³-hybridized carbons (Fsp3) is 0.158. The van der Waals surface area contributed by atoms with Crippen molar-refractivity contribution < 1.29 is 14.3 Å². The fourth-order valence-electron chi connectivity index (χ4n) is 2.56. The molecule has 2 aromatic carbocycles. The first-order valence-corrected chi connectivity index (χ1v) is 8.28. The van der Waals surface area contributed by atoms with Crippen LogP contribution in [0.4, 0.5) is 5.69 Å². The van der Waals surface area contributed by atoms with Crippen LogP contribution < -0.4 is 19.7 Å². The molecule has 25 heavy (non-hydrogen) atoms. The van der Waals surface area contributed by atoms with Gasteiger partial charge in [-0.15, -0.1) is 0 Å². The lowest BCUT2D eigenvalue weighted by Crippen LogP contribution is -2.30. The Morgan fingerprint density at radius 1 is 1.16 bits per heavy atom. The Bertz CT molecular complexity index is 834. The van der Waals surface area contributed by atoms with Crippen LogP contribution in [0.5, 0.6) is 11.5 Å². The zero-order valence-corrected chi connectivity index (χ0v) is 14.8. The van der Waals surface area contributed by atoms with Crippen molar-refractivity contribution in [2.24, 2.45) is 0 Å². The summed E-state index contributed by atoms with van der Waals surface area (Å²) >= 11 is 5.31. The molecule has 1 saturated heterocycles. The highest BCUT2D eigenvalue weighted by Gasteiger charge is 2.31. The van der Waals surface area contributed by atoms with Gasteiger partial charge in [-0.1, -0.05) is 24.3 Å². The lowest BCUT2D eigenvalue weighted by molar-refractivity contribution is -0.113. The van der Waals surface area contributed by atoms with Crippen LogP contribution >= 0.6 is 12.2 Å². The number of anilines is 1. The highest BCUT2D eigenvalue weighted by atomic mass is 32.1. The predicted molar refractivity (Wildman–Crippen MR) is 102 cm³/mol. The van der Waals surface area contributed by atoms with Crippen LogP contribution in [0, 0.1) is 0 Å². The van der Waals surface area contributed by atoms with E-state index in [9.17, 15) is 4.79 Å². The van der Waals surface area contributed by atoms with E-state index in [2.05, 4.69) is 5.32 Å². The molecule has 1 amide bonds. The molecule has 0 aromatic heterocycles. The Morgan fingerprint density at radius 3 is 2.60 bits per heavy atom. The molecule has 1 aliphatic rings. The van der Waals surface area contributed by atoms with Crippen LogP contribution in [0.1, 0.15) is 12.5 Å². The summed E-state index contributed by atoms with van der Waals surface area (Å²) < 4.78 is 10.9. The predicted octanol–water partition coefficient (Wildman–Crippen LogP) is 3.36. The summed E-state index contributed by atoms with van der Waals surface area (Å²) in [4.78, 5) is 14.2. The monoisotopic (exact) mass is 354 g/mol. The van der Waals surface area contributed by atoms with Gasteiger partial charge in [0.25, 0.3) is 5.91 Å². The maximum Gasteiger partial charge on any atom is 0.281 e. The van der Waals surface area contributed by atoms with Crippen LogP contribution in [0.25, 0.3) is 6.08 Å². The Kier molecular flexibility index (Phi) is 5.00. The van der Waals surface area contributed by atoms with Gasteiger partial charge in [-0.05, 0) is 55.0 Å². The number of para-hydroxylation sites is 1. The molecule has 0 unspecified atom stereocenters. The van der Waals surface area contributed by atoms with Crippen LogP contribution in [-0.4, -0.2) is 24.7 Å². The van der Waals surface area contributed by atoms with E-state index in [-0.39, 0.29) is 5.91 Å². The highest BCUT2D eigenvalue weighted by molar-refractivity contribution is 7.80. The van der Waals surface area contributed by atoms with Gasteiger partial charge in [-0.25, -0.2) is 0 Å². The number of thiocarbonyl (C=S) groups is 1.